The predicted molar refractivity (Wildman–Crippen MR) is 33.1 cm³/mol. The van der Waals surface area contributed by atoms with E-state index in [0.29, 0.717) is 12.9 Å². The molecule has 2 rings (SSSR count). The summed E-state index contributed by atoms with van der Waals surface area (Å²) in [7, 11) is 0. The lowest BCUT2D eigenvalue weighted by Gasteiger charge is -2.27. The monoisotopic (exact) mass is 128 g/mol. The third-order valence-corrected chi connectivity index (χ3v) is 2.18. The van der Waals surface area contributed by atoms with E-state index in [2.05, 4.69) is 6.92 Å². The number of ether oxygens (including phenoxy) is 2. The second-order valence-electron chi connectivity index (χ2n) is 3.13. The lowest BCUT2D eigenvalue weighted by molar-refractivity contribution is -0.181. The smallest absolute Gasteiger partial charge is 0.147 e. The van der Waals surface area contributed by atoms with Crippen LogP contribution in [0.15, 0.2) is 0 Å². The van der Waals surface area contributed by atoms with Gasteiger partial charge in [-0.1, -0.05) is 0 Å². The minimum absolute atomic E-state index is 0.275. The van der Waals surface area contributed by atoms with Gasteiger partial charge in [0.15, 0.2) is 0 Å². The zero-order chi connectivity index (χ0) is 6.32. The Balaban J connectivity index is 1.96. The molecule has 0 radical (unpaired) electrons. The van der Waals surface area contributed by atoms with Gasteiger partial charge in [-0.25, -0.2) is 0 Å². The van der Waals surface area contributed by atoms with Crippen LogP contribution in [0.2, 0.25) is 0 Å². The van der Waals surface area contributed by atoms with Crippen molar-refractivity contribution in [2.75, 3.05) is 6.79 Å². The Labute approximate surface area is 55.1 Å². The quantitative estimate of drug-likeness (QED) is 0.489. The Bertz CT molecular complexity index is 118. The molecule has 0 aromatic carbocycles. The molecule has 1 spiro atoms. The van der Waals surface area contributed by atoms with E-state index in [1.807, 2.05) is 0 Å². The van der Waals surface area contributed by atoms with Gasteiger partial charge >= 0.3 is 0 Å². The molecular weight excluding hydrogens is 116 g/mol. The predicted octanol–water partition coefficient (Wildman–Crippen LogP) is 1.30. The van der Waals surface area contributed by atoms with Gasteiger partial charge in [-0.2, -0.15) is 0 Å². The van der Waals surface area contributed by atoms with Crippen molar-refractivity contribution in [3.05, 3.63) is 0 Å². The summed E-state index contributed by atoms with van der Waals surface area (Å²) < 4.78 is 10.7. The fourth-order valence-electron chi connectivity index (χ4n) is 1.40. The molecule has 1 atom stereocenters. The zero-order valence-corrected chi connectivity index (χ0v) is 5.72. The minimum Gasteiger partial charge on any atom is -0.352 e. The first-order valence-electron chi connectivity index (χ1n) is 3.56. The van der Waals surface area contributed by atoms with Gasteiger partial charge in [-0.15, -0.1) is 0 Å². The highest BCUT2D eigenvalue weighted by molar-refractivity contribution is 4.97. The van der Waals surface area contributed by atoms with E-state index in [-0.39, 0.29) is 5.60 Å². The maximum Gasteiger partial charge on any atom is 0.147 e. The van der Waals surface area contributed by atoms with Gasteiger partial charge in [0.1, 0.15) is 6.79 Å². The maximum atomic E-state index is 5.42. The molecule has 2 fully saturated rings. The standard InChI is InChI=1S/C7H12O2/c1-6-4-7(2-3-7)9-5-8-6/h6H,2-5H2,1H3. The molecule has 52 valence electrons. The molecule has 9 heavy (non-hydrogen) atoms. The van der Waals surface area contributed by atoms with Crippen LogP contribution < -0.4 is 0 Å². The minimum atomic E-state index is 0.275. The molecule has 2 aliphatic rings. The molecule has 1 heterocycles. The first-order chi connectivity index (χ1) is 4.31. The molecule has 2 nitrogen and oxygen atoms in total. The van der Waals surface area contributed by atoms with Gasteiger partial charge in [0.05, 0.1) is 11.7 Å². The molecule has 2 heteroatoms. The Morgan fingerprint density at radius 1 is 1.44 bits per heavy atom. The highest BCUT2D eigenvalue weighted by atomic mass is 16.7. The molecule has 0 N–H and O–H groups in total. The summed E-state index contributed by atoms with van der Waals surface area (Å²) >= 11 is 0. The summed E-state index contributed by atoms with van der Waals surface area (Å²) in [4.78, 5) is 0. The maximum absolute atomic E-state index is 5.42. The lowest BCUT2D eigenvalue weighted by atomic mass is 10.1. The van der Waals surface area contributed by atoms with E-state index in [9.17, 15) is 0 Å². The van der Waals surface area contributed by atoms with Crippen LogP contribution in [0.4, 0.5) is 0 Å². The van der Waals surface area contributed by atoms with Gasteiger partial charge in [0, 0.05) is 6.42 Å². The van der Waals surface area contributed by atoms with Crippen molar-refractivity contribution in [1.29, 1.82) is 0 Å². The molecule has 0 aromatic heterocycles. The normalized spacial score (nSPS) is 39.0. The van der Waals surface area contributed by atoms with Crippen LogP contribution in [0.25, 0.3) is 0 Å². The van der Waals surface area contributed by atoms with Crippen LogP contribution in [-0.2, 0) is 9.47 Å². The van der Waals surface area contributed by atoms with Crippen LogP contribution in [0.3, 0.4) is 0 Å². The molecule has 1 aliphatic heterocycles. The fraction of sp³-hybridized carbons (Fsp3) is 1.00. The Morgan fingerprint density at radius 3 is 2.67 bits per heavy atom. The molecule has 1 aliphatic carbocycles. The van der Waals surface area contributed by atoms with E-state index < -0.39 is 0 Å². The largest absolute Gasteiger partial charge is 0.352 e. The Kier molecular flexibility index (Phi) is 1.08. The summed E-state index contributed by atoms with van der Waals surface area (Å²) in [6.07, 6.45) is 4.02. The third-order valence-electron chi connectivity index (χ3n) is 2.18. The SMILES string of the molecule is CC1CC2(CC2)OCO1. The van der Waals surface area contributed by atoms with Gasteiger partial charge in [-0.05, 0) is 19.8 Å². The van der Waals surface area contributed by atoms with Crippen LogP contribution in [0.1, 0.15) is 26.2 Å². The molecule has 1 unspecified atom stereocenters. The summed E-state index contributed by atoms with van der Waals surface area (Å²) in [5, 5.41) is 0. The first-order valence-corrected chi connectivity index (χ1v) is 3.56. The van der Waals surface area contributed by atoms with Gasteiger partial charge < -0.3 is 9.47 Å². The molecule has 1 saturated heterocycles. The van der Waals surface area contributed by atoms with Crippen molar-refractivity contribution in [2.45, 2.75) is 37.9 Å². The van der Waals surface area contributed by atoms with Crippen LogP contribution in [0, 0.1) is 0 Å². The topological polar surface area (TPSA) is 18.5 Å². The van der Waals surface area contributed by atoms with Crippen LogP contribution >= 0.6 is 0 Å². The van der Waals surface area contributed by atoms with Crippen molar-refractivity contribution in [3.63, 3.8) is 0 Å². The number of rotatable bonds is 0. The van der Waals surface area contributed by atoms with Crippen molar-refractivity contribution in [3.8, 4) is 0 Å². The van der Waals surface area contributed by atoms with Gasteiger partial charge in [0.2, 0.25) is 0 Å². The molecule has 0 bridgehead atoms. The van der Waals surface area contributed by atoms with Crippen molar-refractivity contribution < 1.29 is 9.47 Å². The van der Waals surface area contributed by atoms with E-state index in [1.165, 1.54) is 12.8 Å². The van der Waals surface area contributed by atoms with Crippen molar-refractivity contribution in [1.82, 2.24) is 0 Å². The van der Waals surface area contributed by atoms with Crippen LogP contribution in [-0.4, -0.2) is 18.5 Å². The van der Waals surface area contributed by atoms with E-state index in [1.54, 1.807) is 0 Å². The summed E-state index contributed by atoms with van der Waals surface area (Å²) in [6.45, 7) is 2.63. The van der Waals surface area contributed by atoms with E-state index >= 15 is 0 Å². The Morgan fingerprint density at radius 2 is 2.22 bits per heavy atom. The average Bonchev–Trinajstić information content (AvgIpc) is 2.49. The van der Waals surface area contributed by atoms with E-state index in [0.717, 1.165) is 6.42 Å². The third kappa shape index (κ3) is 0.970. The van der Waals surface area contributed by atoms with Gasteiger partial charge in [0.25, 0.3) is 0 Å². The van der Waals surface area contributed by atoms with Crippen molar-refractivity contribution >= 4 is 0 Å². The molecule has 1 saturated carbocycles. The summed E-state index contributed by atoms with van der Waals surface area (Å²) in [5.74, 6) is 0. The molecule has 0 amide bonds. The van der Waals surface area contributed by atoms with Crippen molar-refractivity contribution in [2.24, 2.45) is 0 Å². The Hall–Kier alpha value is -0.0800. The van der Waals surface area contributed by atoms with Gasteiger partial charge in [-0.3, -0.25) is 0 Å². The second kappa shape index (κ2) is 1.70. The van der Waals surface area contributed by atoms with Crippen LogP contribution in [0.5, 0.6) is 0 Å². The second-order valence-corrected chi connectivity index (χ2v) is 3.13. The van der Waals surface area contributed by atoms with E-state index in [4.69, 9.17) is 9.47 Å². The summed E-state index contributed by atoms with van der Waals surface area (Å²) in [5.41, 5.74) is 0.275. The number of hydrogen-bond acceptors (Lipinski definition) is 2. The average molecular weight is 128 g/mol. The molecule has 0 aromatic rings. The lowest BCUT2D eigenvalue weighted by Crippen LogP contribution is -2.30. The highest BCUT2D eigenvalue weighted by Crippen LogP contribution is 2.45. The zero-order valence-electron chi connectivity index (χ0n) is 5.72. The first kappa shape index (κ1) is 5.69. The molecular formula is C7H12O2. The highest BCUT2D eigenvalue weighted by Gasteiger charge is 2.47. The summed E-state index contributed by atoms with van der Waals surface area (Å²) in [6, 6.07) is 0. The fourth-order valence-corrected chi connectivity index (χ4v) is 1.40. The number of hydrogen-bond donors (Lipinski definition) is 0.